The van der Waals surface area contributed by atoms with Crippen LogP contribution < -0.4 is 5.73 Å². The topological polar surface area (TPSA) is 55.6 Å². The third-order valence-corrected chi connectivity index (χ3v) is 2.77. The van der Waals surface area contributed by atoms with E-state index in [9.17, 15) is 9.18 Å². The lowest BCUT2D eigenvalue weighted by Gasteiger charge is -2.32. The summed E-state index contributed by atoms with van der Waals surface area (Å²) in [6.45, 7) is 1.39. The lowest BCUT2D eigenvalue weighted by molar-refractivity contribution is -0.149. The van der Waals surface area contributed by atoms with Crippen LogP contribution >= 0.6 is 0 Å². The van der Waals surface area contributed by atoms with Gasteiger partial charge in [-0.15, -0.1) is 0 Å². The Morgan fingerprint density at radius 3 is 3.06 bits per heavy atom. The van der Waals surface area contributed by atoms with Crippen molar-refractivity contribution < 1.29 is 13.9 Å². The Labute approximate surface area is 99.2 Å². The van der Waals surface area contributed by atoms with E-state index >= 15 is 0 Å². The first-order chi connectivity index (χ1) is 8.20. The van der Waals surface area contributed by atoms with E-state index in [0.29, 0.717) is 19.6 Å². The first kappa shape index (κ1) is 12.0. The number of nitrogens with zero attached hydrogens (tertiary/aromatic N) is 1. The van der Waals surface area contributed by atoms with Crippen molar-refractivity contribution in [3.8, 4) is 0 Å². The summed E-state index contributed by atoms with van der Waals surface area (Å²) >= 11 is 0. The van der Waals surface area contributed by atoms with E-state index in [1.54, 1.807) is 17.0 Å². The van der Waals surface area contributed by atoms with E-state index in [0.717, 1.165) is 5.56 Å². The van der Waals surface area contributed by atoms with Gasteiger partial charge in [0.2, 0.25) is 5.91 Å². The third kappa shape index (κ3) is 2.81. The molecule has 5 heteroatoms. The molecular formula is C12H15FN2O2. The molecule has 1 amide bonds. The summed E-state index contributed by atoms with van der Waals surface area (Å²) in [6, 6.07) is 6.25. The summed E-state index contributed by atoms with van der Waals surface area (Å²) < 4.78 is 18.5. The summed E-state index contributed by atoms with van der Waals surface area (Å²) in [4.78, 5) is 13.2. The number of morpholine rings is 1. The van der Waals surface area contributed by atoms with Gasteiger partial charge in [0.05, 0.1) is 6.54 Å². The van der Waals surface area contributed by atoms with Gasteiger partial charge in [0.1, 0.15) is 18.5 Å². The van der Waals surface area contributed by atoms with Gasteiger partial charge >= 0.3 is 0 Å². The highest BCUT2D eigenvalue weighted by atomic mass is 19.1. The maximum Gasteiger partial charge on any atom is 0.248 e. The zero-order valence-corrected chi connectivity index (χ0v) is 9.43. The summed E-state index contributed by atoms with van der Waals surface area (Å²) in [5.74, 6) is -0.364. The van der Waals surface area contributed by atoms with E-state index in [1.165, 1.54) is 12.1 Å². The van der Waals surface area contributed by atoms with Crippen molar-refractivity contribution in [1.82, 2.24) is 4.90 Å². The molecule has 1 aromatic carbocycles. The molecule has 1 fully saturated rings. The summed E-state index contributed by atoms with van der Waals surface area (Å²) in [6.07, 6.45) is -0.269. The lowest BCUT2D eigenvalue weighted by Crippen LogP contribution is -2.45. The Morgan fingerprint density at radius 2 is 2.35 bits per heavy atom. The molecule has 1 aromatic rings. The Balaban J connectivity index is 2.10. The van der Waals surface area contributed by atoms with Gasteiger partial charge < -0.3 is 15.4 Å². The molecule has 1 aliphatic rings. The summed E-state index contributed by atoms with van der Waals surface area (Å²) in [5, 5.41) is 0. The lowest BCUT2D eigenvalue weighted by atomic mass is 10.1. The molecule has 2 rings (SSSR count). The standard InChI is InChI=1S/C12H15FN2O2/c13-10-3-1-2-9(6-10)11-7-15(5-4-14)12(16)8-17-11/h1-3,6,11H,4-5,7-8,14H2. The zero-order chi connectivity index (χ0) is 12.3. The average molecular weight is 238 g/mol. The normalized spacial score (nSPS) is 20.7. The van der Waals surface area contributed by atoms with Crippen molar-refractivity contribution in [3.63, 3.8) is 0 Å². The fraction of sp³-hybridized carbons (Fsp3) is 0.417. The van der Waals surface area contributed by atoms with Crippen LogP contribution in [0.3, 0.4) is 0 Å². The second-order valence-electron chi connectivity index (χ2n) is 3.98. The molecule has 0 aliphatic carbocycles. The highest BCUT2D eigenvalue weighted by Crippen LogP contribution is 2.22. The van der Waals surface area contributed by atoms with Gasteiger partial charge in [-0.1, -0.05) is 12.1 Å². The maximum atomic E-state index is 13.1. The van der Waals surface area contributed by atoms with E-state index in [4.69, 9.17) is 10.5 Å². The first-order valence-electron chi connectivity index (χ1n) is 5.55. The molecule has 0 saturated carbocycles. The number of benzene rings is 1. The molecular weight excluding hydrogens is 223 g/mol. The van der Waals surface area contributed by atoms with Gasteiger partial charge in [-0.05, 0) is 17.7 Å². The van der Waals surface area contributed by atoms with E-state index in [-0.39, 0.29) is 24.4 Å². The van der Waals surface area contributed by atoms with Crippen molar-refractivity contribution in [3.05, 3.63) is 35.6 Å². The molecule has 2 N–H and O–H groups in total. The number of halogens is 1. The minimum absolute atomic E-state index is 0.0289. The quantitative estimate of drug-likeness (QED) is 0.842. The molecule has 0 radical (unpaired) electrons. The molecule has 0 spiro atoms. The van der Waals surface area contributed by atoms with Crippen molar-refractivity contribution in [2.75, 3.05) is 26.2 Å². The molecule has 1 unspecified atom stereocenters. The predicted octanol–water partition coefficient (Wildman–Crippen LogP) is 0.684. The van der Waals surface area contributed by atoms with Gasteiger partial charge in [-0.3, -0.25) is 4.79 Å². The van der Waals surface area contributed by atoms with Crippen LogP contribution in [0.15, 0.2) is 24.3 Å². The average Bonchev–Trinajstić information content (AvgIpc) is 2.32. The smallest absolute Gasteiger partial charge is 0.248 e. The first-order valence-corrected chi connectivity index (χ1v) is 5.55. The van der Waals surface area contributed by atoms with Gasteiger partial charge in [-0.25, -0.2) is 4.39 Å². The van der Waals surface area contributed by atoms with Crippen LogP contribution in [0.5, 0.6) is 0 Å². The van der Waals surface area contributed by atoms with Gasteiger partial charge in [0.15, 0.2) is 0 Å². The van der Waals surface area contributed by atoms with Crippen LogP contribution in [-0.4, -0.2) is 37.0 Å². The molecule has 1 atom stereocenters. The van der Waals surface area contributed by atoms with Crippen LogP contribution in [0.25, 0.3) is 0 Å². The minimum Gasteiger partial charge on any atom is -0.362 e. The highest BCUT2D eigenvalue weighted by molar-refractivity contribution is 5.78. The van der Waals surface area contributed by atoms with Crippen LogP contribution in [0.1, 0.15) is 11.7 Å². The predicted molar refractivity (Wildman–Crippen MR) is 60.7 cm³/mol. The van der Waals surface area contributed by atoms with Crippen LogP contribution in [-0.2, 0) is 9.53 Å². The second kappa shape index (κ2) is 5.25. The number of hydrogen-bond donors (Lipinski definition) is 1. The van der Waals surface area contributed by atoms with Crippen molar-refractivity contribution in [2.24, 2.45) is 5.73 Å². The van der Waals surface area contributed by atoms with Gasteiger partial charge in [0.25, 0.3) is 0 Å². The van der Waals surface area contributed by atoms with E-state index in [2.05, 4.69) is 0 Å². The number of ether oxygens (including phenoxy) is 1. The molecule has 1 aliphatic heterocycles. The zero-order valence-electron chi connectivity index (χ0n) is 9.43. The molecule has 4 nitrogen and oxygen atoms in total. The summed E-state index contributed by atoms with van der Waals surface area (Å²) in [7, 11) is 0. The highest BCUT2D eigenvalue weighted by Gasteiger charge is 2.26. The van der Waals surface area contributed by atoms with Gasteiger partial charge in [-0.2, -0.15) is 0 Å². The number of nitrogens with two attached hydrogens (primary N) is 1. The van der Waals surface area contributed by atoms with Gasteiger partial charge in [0, 0.05) is 13.1 Å². The molecule has 0 bridgehead atoms. The molecule has 1 saturated heterocycles. The molecule has 1 heterocycles. The number of amides is 1. The van der Waals surface area contributed by atoms with Crippen LogP contribution in [0.2, 0.25) is 0 Å². The largest absolute Gasteiger partial charge is 0.362 e. The third-order valence-electron chi connectivity index (χ3n) is 2.77. The number of carbonyl (C=O) groups is 1. The Kier molecular flexibility index (Phi) is 3.71. The van der Waals surface area contributed by atoms with Crippen molar-refractivity contribution in [2.45, 2.75) is 6.10 Å². The monoisotopic (exact) mass is 238 g/mol. The Morgan fingerprint density at radius 1 is 1.53 bits per heavy atom. The van der Waals surface area contributed by atoms with Crippen LogP contribution in [0.4, 0.5) is 4.39 Å². The molecule has 0 aromatic heterocycles. The summed E-state index contributed by atoms with van der Waals surface area (Å²) in [5.41, 5.74) is 6.18. The number of hydrogen-bond acceptors (Lipinski definition) is 3. The number of carbonyl (C=O) groups excluding carboxylic acids is 1. The maximum absolute atomic E-state index is 13.1. The Bertz CT molecular complexity index is 411. The minimum atomic E-state index is -0.298. The van der Waals surface area contributed by atoms with Crippen molar-refractivity contribution in [1.29, 1.82) is 0 Å². The fourth-order valence-corrected chi connectivity index (χ4v) is 1.90. The van der Waals surface area contributed by atoms with Crippen LogP contribution in [0, 0.1) is 5.82 Å². The fourth-order valence-electron chi connectivity index (χ4n) is 1.90. The second-order valence-corrected chi connectivity index (χ2v) is 3.98. The van der Waals surface area contributed by atoms with E-state index in [1.807, 2.05) is 0 Å². The Hall–Kier alpha value is -1.46. The molecule has 17 heavy (non-hydrogen) atoms. The van der Waals surface area contributed by atoms with Crippen molar-refractivity contribution >= 4 is 5.91 Å². The molecule has 92 valence electrons. The SMILES string of the molecule is NCCN1CC(c2cccc(F)c2)OCC1=O. The van der Waals surface area contributed by atoms with E-state index < -0.39 is 0 Å². The number of rotatable bonds is 3.